The lowest BCUT2D eigenvalue weighted by Crippen LogP contribution is -2.35. The number of pyridine rings is 1. The molecule has 4 N–H and O–H groups in total. The summed E-state index contributed by atoms with van der Waals surface area (Å²) in [6, 6.07) is 16.5. The topological polar surface area (TPSA) is 140 Å². The fourth-order valence-corrected chi connectivity index (χ4v) is 6.86. The zero-order valence-corrected chi connectivity index (χ0v) is 23.9. The molecule has 0 radical (unpaired) electrons. The van der Waals surface area contributed by atoms with Crippen LogP contribution in [0.15, 0.2) is 78.0 Å². The van der Waals surface area contributed by atoms with E-state index in [1.165, 1.54) is 18.2 Å². The average Bonchev–Trinajstić information content (AvgIpc) is 3.54. The molecule has 2 fully saturated rings. The third kappa shape index (κ3) is 5.53. The van der Waals surface area contributed by atoms with E-state index in [0.29, 0.717) is 17.9 Å². The SMILES string of the molecule is O=C1[C@@H]2[C@@H](CC(CO)=C3[C@@H](CC/C(=C/c4ccc(O)cc4Cl)c4ccccn4)OC[C@@H]32)C(=O)N1c1cccc(B(O)O)c1. The number of halogens is 1. The van der Waals surface area contributed by atoms with Gasteiger partial charge in [-0.1, -0.05) is 29.8 Å². The van der Waals surface area contributed by atoms with E-state index in [1.54, 1.807) is 30.5 Å². The predicted molar refractivity (Wildman–Crippen MR) is 162 cm³/mol. The molecule has 220 valence electrons. The number of allylic oxidation sites excluding steroid dienone is 1. The summed E-state index contributed by atoms with van der Waals surface area (Å²) >= 11 is 6.40. The normalized spacial score (nSPS) is 23.5. The largest absolute Gasteiger partial charge is 0.508 e. The quantitative estimate of drug-likeness (QED) is 0.176. The number of carbonyl (C=O) groups is 2. The van der Waals surface area contributed by atoms with E-state index in [9.17, 15) is 29.9 Å². The Morgan fingerprint density at radius 1 is 1.07 bits per heavy atom. The summed E-state index contributed by atoms with van der Waals surface area (Å²) < 4.78 is 6.27. The van der Waals surface area contributed by atoms with Gasteiger partial charge >= 0.3 is 7.12 Å². The van der Waals surface area contributed by atoms with Crippen molar-refractivity contribution < 1.29 is 34.6 Å². The number of hydrogen-bond donors (Lipinski definition) is 4. The molecule has 9 nitrogen and oxygen atoms in total. The van der Waals surface area contributed by atoms with Crippen LogP contribution in [-0.2, 0) is 14.3 Å². The van der Waals surface area contributed by atoms with Crippen molar-refractivity contribution in [1.82, 2.24) is 4.98 Å². The third-order valence-electron chi connectivity index (χ3n) is 8.61. The number of aliphatic hydroxyl groups is 1. The summed E-state index contributed by atoms with van der Waals surface area (Å²) in [5, 5.41) is 39.8. The zero-order chi connectivity index (χ0) is 30.2. The molecule has 3 heterocycles. The summed E-state index contributed by atoms with van der Waals surface area (Å²) in [6.07, 6.45) is 4.64. The Labute approximate surface area is 253 Å². The molecule has 2 aromatic carbocycles. The summed E-state index contributed by atoms with van der Waals surface area (Å²) in [7, 11) is -1.73. The van der Waals surface area contributed by atoms with E-state index in [-0.39, 0.29) is 60.4 Å². The van der Waals surface area contributed by atoms with Gasteiger partial charge in [0.25, 0.3) is 0 Å². The van der Waals surface area contributed by atoms with Crippen LogP contribution in [0.5, 0.6) is 5.75 Å². The lowest BCUT2D eigenvalue weighted by Gasteiger charge is -2.31. The van der Waals surface area contributed by atoms with E-state index >= 15 is 0 Å². The van der Waals surface area contributed by atoms with Crippen LogP contribution < -0.4 is 10.4 Å². The van der Waals surface area contributed by atoms with Crippen molar-refractivity contribution in [3.8, 4) is 5.75 Å². The molecule has 43 heavy (non-hydrogen) atoms. The lowest BCUT2D eigenvalue weighted by atomic mass is 9.69. The molecule has 1 aliphatic carbocycles. The van der Waals surface area contributed by atoms with Gasteiger partial charge in [0.2, 0.25) is 11.8 Å². The number of amides is 2. The maximum absolute atomic E-state index is 13.8. The Balaban J connectivity index is 1.27. The van der Waals surface area contributed by atoms with E-state index in [1.807, 2.05) is 24.3 Å². The van der Waals surface area contributed by atoms with Crippen LogP contribution in [0.2, 0.25) is 5.02 Å². The minimum atomic E-state index is -1.73. The lowest BCUT2D eigenvalue weighted by molar-refractivity contribution is -0.122. The molecule has 4 atom stereocenters. The highest BCUT2D eigenvalue weighted by Gasteiger charge is 2.57. The van der Waals surface area contributed by atoms with E-state index in [2.05, 4.69) is 4.98 Å². The van der Waals surface area contributed by atoms with Gasteiger partial charge < -0.3 is 25.0 Å². The van der Waals surface area contributed by atoms with Gasteiger partial charge in [0, 0.05) is 12.1 Å². The molecule has 0 unspecified atom stereocenters. The summed E-state index contributed by atoms with van der Waals surface area (Å²) in [5.41, 5.74) is 4.48. The van der Waals surface area contributed by atoms with Crippen LogP contribution in [0, 0.1) is 17.8 Å². The fourth-order valence-electron chi connectivity index (χ4n) is 6.63. The molecule has 3 aromatic rings. The molecule has 3 aliphatic rings. The Morgan fingerprint density at radius 2 is 1.91 bits per heavy atom. The highest BCUT2D eigenvalue weighted by atomic mass is 35.5. The van der Waals surface area contributed by atoms with E-state index < -0.39 is 19.0 Å². The summed E-state index contributed by atoms with van der Waals surface area (Å²) in [6.45, 7) is 0.00791. The number of fused-ring (bicyclic) bond motifs is 3. The minimum absolute atomic E-state index is 0.0724. The molecule has 6 rings (SSSR count). The van der Waals surface area contributed by atoms with Gasteiger partial charge in [0.15, 0.2) is 0 Å². The number of hydrogen-bond acceptors (Lipinski definition) is 8. The molecule has 2 saturated heterocycles. The predicted octanol–water partition coefficient (Wildman–Crippen LogP) is 2.95. The average molecular weight is 601 g/mol. The van der Waals surface area contributed by atoms with Crippen molar-refractivity contribution >= 4 is 53.3 Å². The number of ether oxygens (including phenoxy) is 1. The number of carbonyl (C=O) groups excluding carboxylic acids is 2. The first-order valence-electron chi connectivity index (χ1n) is 14.2. The number of phenols is 1. The van der Waals surface area contributed by atoms with E-state index in [0.717, 1.165) is 32.9 Å². The molecular weight excluding hydrogens is 571 g/mol. The van der Waals surface area contributed by atoms with Crippen LogP contribution >= 0.6 is 11.6 Å². The van der Waals surface area contributed by atoms with Crippen molar-refractivity contribution in [2.24, 2.45) is 17.8 Å². The van der Waals surface area contributed by atoms with Gasteiger partial charge in [-0.15, -0.1) is 0 Å². The number of rotatable bonds is 8. The van der Waals surface area contributed by atoms with Crippen LogP contribution in [0.25, 0.3) is 11.6 Å². The molecule has 1 aromatic heterocycles. The van der Waals surface area contributed by atoms with Crippen molar-refractivity contribution in [3.63, 3.8) is 0 Å². The van der Waals surface area contributed by atoms with Crippen molar-refractivity contribution in [1.29, 1.82) is 0 Å². The molecular formula is C32H30BClN2O7. The highest BCUT2D eigenvalue weighted by molar-refractivity contribution is 6.58. The van der Waals surface area contributed by atoms with Crippen LogP contribution in [0.1, 0.15) is 30.5 Å². The monoisotopic (exact) mass is 600 g/mol. The van der Waals surface area contributed by atoms with Gasteiger partial charge in [0.1, 0.15) is 5.75 Å². The maximum Gasteiger partial charge on any atom is 0.488 e. The van der Waals surface area contributed by atoms with Crippen LogP contribution in [0.3, 0.4) is 0 Å². The van der Waals surface area contributed by atoms with Gasteiger partial charge in [-0.3, -0.25) is 19.5 Å². The first-order valence-corrected chi connectivity index (χ1v) is 14.5. The smallest absolute Gasteiger partial charge is 0.488 e. The van der Waals surface area contributed by atoms with Crippen LogP contribution in [0.4, 0.5) is 5.69 Å². The van der Waals surface area contributed by atoms with Gasteiger partial charge in [-0.05, 0) is 95.5 Å². The number of aromatic hydroxyl groups is 1. The van der Waals surface area contributed by atoms with Crippen molar-refractivity contribution in [2.75, 3.05) is 18.1 Å². The van der Waals surface area contributed by atoms with E-state index in [4.69, 9.17) is 16.3 Å². The zero-order valence-electron chi connectivity index (χ0n) is 23.1. The maximum atomic E-state index is 13.8. The number of aromatic nitrogens is 1. The highest BCUT2D eigenvalue weighted by Crippen LogP contribution is 2.50. The number of imide groups is 1. The van der Waals surface area contributed by atoms with Crippen LogP contribution in [-0.4, -0.2) is 63.5 Å². The van der Waals surface area contributed by atoms with Crippen molar-refractivity contribution in [2.45, 2.75) is 25.4 Å². The number of anilines is 1. The van der Waals surface area contributed by atoms with Gasteiger partial charge in [0.05, 0.1) is 47.6 Å². The summed E-state index contributed by atoms with van der Waals surface area (Å²) in [4.78, 5) is 33.0. The Bertz CT molecular complexity index is 1630. The Kier molecular flexibility index (Phi) is 8.22. The number of benzene rings is 2. The van der Waals surface area contributed by atoms with Gasteiger partial charge in [-0.2, -0.15) is 0 Å². The third-order valence-corrected chi connectivity index (χ3v) is 8.94. The second-order valence-electron chi connectivity index (χ2n) is 11.1. The second kappa shape index (κ2) is 12.1. The number of phenolic OH excluding ortho intramolecular Hbond substituents is 1. The number of aliphatic hydroxyl groups excluding tert-OH is 1. The summed E-state index contributed by atoms with van der Waals surface area (Å²) in [5.74, 6) is -2.25. The second-order valence-corrected chi connectivity index (χ2v) is 11.5. The molecule has 0 bridgehead atoms. The van der Waals surface area contributed by atoms with Crippen molar-refractivity contribution in [3.05, 3.63) is 94.3 Å². The minimum Gasteiger partial charge on any atom is -0.508 e. The standard InChI is InChI=1S/C32H30BClN2O7/c34-26-15-23(38)9-7-18(26)12-19(27-6-1-2-11-35-27)8-10-28-29-20(16-37)13-24-30(25(29)17-43-28)32(40)36(31(24)39)22-5-3-4-21(14-22)33(41)42/h1-7,9,11-12,14-15,24-25,28,30,37-38,41-42H,8,10,13,16-17H2/b19-12-/t24-,25+,28-,30-/m1/s1. The fraction of sp³-hybridized carbons (Fsp3) is 0.281. The first kappa shape index (κ1) is 29.3. The molecule has 11 heteroatoms. The molecule has 2 amide bonds. The Morgan fingerprint density at radius 3 is 2.63 bits per heavy atom. The van der Waals surface area contributed by atoms with Gasteiger partial charge in [-0.25, -0.2) is 0 Å². The molecule has 0 saturated carbocycles. The Hall–Kier alpha value is -3.80. The molecule has 0 spiro atoms. The molecule has 2 aliphatic heterocycles. The first-order chi connectivity index (χ1) is 20.8. The number of nitrogens with zero attached hydrogens (tertiary/aromatic N) is 2.